The maximum atomic E-state index is 14.4. The third-order valence-corrected chi connectivity index (χ3v) is 11.5. The SMILES string of the molecule is COC(=O)[C@@H]1C[C@H](OC(=O)CNC(=O)OCC2c3ccccc3-c3ccccc32)C(=O)C2[C@@]1(C)CC[C@H]1C(=O)O[C@H](c3ccoc3)C[C@]21C. The number of carbonyl (C=O) groups is 5. The molecule has 2 saturated carbocycles. The summed E-state index contributed by atoms with van der Waals surface area (Å²) in [4.78, 5) is 66.9. The summed E-state index contributed by atoms with van der Waals surface area (Å²) in [6, 6.07) is 17.6. The van der Waals surface area contributed by atoms with Gasteiger partial charge in [-0.1, -0.05) is 62.4 Å². The van der Waals surface area contributed by atoms with Crippen molar-refractivity contribution in [1.82, 2.24) is 5.32 Å². The Morgan fingerprint density at radius 3 is 2.31 bits per heavy atom. The van der Waals surface area contributed by atoms with E-state index in [1.807, 2.05) is 62.4 Å². The van der Waals surface area contributed by atoms with Gasteiger partial charge in [0.1, 0.15) is 19.3 Å². The first-order chi connectivity index (χ1) is 23.5. The molecule has 2 aromatic carbocycles. The number of nitrogens with one attached hydrogen (secondary N) is 1. The van der Waals surface area contributed by atoms with E-state index in [0.29, 0.717) is 24.8 Å². The first-order valence-corrected chi connectivity index (χ1v) is 16.7. The number of furan rings is 1. The first-order valence-electron chi connectivity index (χ1n) is 16.7. The molecule has 256 valence electrons. The van der Waals surface area contributed by atoms with Crippen molar-refractivity contribution in [2.75, 3.05) is 20.3 Å². The van der Waals surface area contributed by atoms with Crippen molar-refractivity contribution in [3.05, 3.63) is 83.8 Å². The van der Waals surface area contributed by atoms with Crippen molar-refractivity contribution in [3.63, 3.8) is 0 Å². The molecule has 2 heterocycles. The van der Waals surface area contributed by atoms with E-state index in [1.165, 1.54) is 19.6 Å². The number of rotatable bonds is 7. The fraction of sp³-hybridized carbons (Fsp3) is 0.447. The third-order valence-electron chi connectivity index (χ3n) is 11.5. The summed E-state index contributed by atoms with van der Waals surface area (Å²) in [6.07, 6.45) is 1.41. The summed E-state index contributed by atoms with van der Waals surface area (Å²) in [7, 11) is 1.29. The lowest BCUT2D eigenvalue weighted by Gasteiger charge is -2.61. The average Bonchev–Trinajstić information content (AvgIpc) is 3.74. The maximum Gasteiger partial charge on any atom is 0.407 e. The molecule has 1 unspecified atom stereocenters. The van der Waals surface area contributed by atoms with Gasteiger partial charge in [-0.3, -0.25) is 19.2 Å². The lowest BCUT2D eigenvalue weighted by atomic mass is 9.43. The van der Waals surface area contributed by atoms with Gasteiger partial charge < -0.3 is 28.7 Å². The molecule has 1 aliphatic heterocycles. The van der Waals surface area contributed by atoms with E-state index >= 15 is 0 Å². The average molecular weight is 670 g/mol. The molecule has 3 fully saturated rings. The quantitative estimate of drug-likeness (QED) is 0.252. The van der Waals surface area contributed by atoms with Crippen LogP contribution in [-0.2, 0) is 38.1 Å². The lowest BCUT2D eigenvalue weighted by Crippen LogP contribution is -2.65. The number of Topliss-reactive ketones (excluding diaryl/α,β-unsaturated/α-hetero) is 1. The van der Waals surface area contributed by atoms with E-state index in [-0.39, 0.29) is 24.7 Å². The van der Waals surface area contributed by atoms with Crippen molar-refractivity contribution in [1.29, 1.82) is 0 Å². The van der Waals surface area contributed by atoms with Crippen molar-refractivity contribution in [3.8, 4) is 11.1 Å². The number of ketones is 1. The Bertz CT molecular complexity index is 1760. The third kappa shape index (κ3) is 5.49. The van der Waals surface area contributed by atoms with Crippen LogP contribution in [0.25, 0.3) is 11.1 Å². The zero-order valence-electron chi connectivity index (χ0n) is 27.6. The minimum atomic E-state index is -1.28. The molecule has 3 aliphatic carbocycles. The highest BCUT2D eigenvalue weighted by Gasteiger charge is 2.67. The summed E-state index contributed by atoms with van der Waals surface area (Å²) < 4.78 is 27.5. The van der Waals surface area contributed by atoms with Crippen LogP contribution >= 0.6 is 0 Å². The molecule has 3 aromatic rings. The van der Waals surface area contributed by atoms with Gasteiger partial charge in [-0.2, -0.15) is 0 Å². The second kappa shape index (κ2) is 12.5. The van der Waals surface area contributed by atoms with Crippen LogP contribution in [0.2, 0.25) is 0 Å². The highest BCUT2D eigenvalue weighted by atomic mass is 16.6. The topological polar surface area (TPSA) is 147 Å². The van der Waals surface area contributed by atoms with Gasteiger partial charge in [-0.15, -0.1) is 0 Å². The number of hydrogen-bond donors (Lipinski definition) is 1. The van der Waals surface area contributed by atoms with Crippen LogP contribution in [0.15, 0.2) is 71.5 Å². The number of alkyl carbamates (subject to hydrolysis) is 1. The fourth-order valence-electron chi connectivity index (χ4n) is 9.26. The summed E-state index contributed by atoms with van der Waals surface area (Å²) in [5, 5.41) is 2.44. The molecule has 1 aromatic heterocycles. The highest BCUT2D eigenvalue weighted by molar-refractivity contribution is 5.93. The summed E-state index contributed by atoms with van der Waals surface area (Å²) >= 11 is 0. The molecule has 1 amide bonds. The maximum absolute atomic E-state index is 14.4. The van der Waals surface area contributed by atoms with Crippen LogP contribution in [0.4, 0.5) is 4.79 Å². The van der Waals surface area contributed by atoms with Crippen molar-refractivity contribution in [2.24, 2.45) is 28.6 Å². The molecule has 0 spiro atoms. The number of benzene rings is 2. The molecule has 1 N–H and O–H groups in total. The second-order valence-electron chi connectivity index (χ2n) is 14.1. The van der Waals surface area contributed by atoms with Gasteiger partial charge >= 0.3 is 24.0 Å². The van der Waals surface area contributed by atoms with Gasteiger partial charge in [0.15, 0.2) is 11.9 Å². The van der Waals surface area contributed by atoms with Gasteiger partial charge in [0, 0.05) is 23.8 Å². The standard InChI is InChI=1S/C38H39NO10/c1-37-14-12-27-35(43)49-30(21-13-15-46-19-21)17-38(27,2)33(37)32(41)29(16-28(37)34(42)45-3)48-31(40)18-39-36(44)47-20-26-24-10-6-4-8-22(24)23-9-5-7-11-25(23)26/h4-11,13,15,19,26-30,33H,12,14,16-18,20H2,1-3H3,(H,39,44)/t27-,28-,29-,30-,33?,37-,38-/m0/s1. The van der Waals surface area contributed by atoms with Crippen LogP contribution in [0.3, 0.4) is 0 Å². The van der Waals surface area contributed by atoms with Gasteiger partial charge in [0.2, 0.25) is 0 Å². The minimum Gasteiger partial charge on any atom is -0.472 e. The molecule has 7 atom stereocenters. The van der Waals surface area contributed by atoms with Gasteiger partial charge in [-0.05, 0) is 58.4 Å². The molecular formula is C38H39NO10. The number of cyclic esters (lactones) is 1. The molecule has 0 bridgehead atoms. The second-order valence-corrected chi connectivity index (χ2v) is 14.1. The Hall–Kier alpha value is -4.93. The van der Waals surface area contributed by atoms with E-state index < -0.39 is 71.3 Å². The molecule has 0 radical (unpaired) electrons. The summed E-state index contributed by atoms with van der Waals surface area (Å²) in [5.74, 6) is -4.44. The van der Waals surface area contributed by atoms with E-state index in [1.54, 1.807) is 6.07 Å². The Morgan fingerprint density at radius 1 is 0.959 bits per heavy atom. The smallest absolute Gasteiger partial charge is 0.407 e. The predicted octanol–water partition coefficient (Wildman–Crippen LogP) is 5.52. The Morgan fingerprint density at radius 2 is 1.65 bits per heavy atom. The minimum absolute atomic E-state index is 0.0639. The Balaban J connectivity index is 1.04. The number of carbonyl (C=O) groups excluding carboxylic acids is 5. The number of amides is 1. The van der Waals surface area contributed by atoms with E-state index in [9.17, 15) is 24.0 Å². The zero-order chi connectivity index (χ0) is 34.5. The number of hydrogen-bond acceptors (Lipinski definition) is 10. The number of fused-ring (bicyclic) bond motifs is 6. The normalized spacial score (nSPS) is 30.1. The van der Waals surface area contributed by atoms with Crippen molar-refractivity contribution < 1.29 is 47.3 Å². The monoisotopic (exact) mass is 669 g/mol. The molecular weight excluding hydrogens is 630 g/mol. The highest BCUT2D eigenvalue weighted by Crippen LogP contribution is 2.65. The molecule has 4 aliphatic rings. The van der Waals surface area contributed by atoms with Crippen LogP contribution < -0.4 is 5.32 Å². The largest absolute Gasteiger partial charge is 0.472 e. The van der Waals surface area contributed by atoms with Crippen LogP contribution in [0.1, 0.15) is 68.2 Å². The number of ether oxygens (including phenoxy) is 4. The summed E-state index contributed by atoms with van der Waals surface area (Å²) in [6.45, 7) is 3.31. The molecule has 49 heavy (non-hydrogen) atoms. The van der Waals surface area contributed by atoms with Gasteiger partial charge in [0.05, 0.1) is 31.5 Å². The zero-order valence-corrected chi connectivity index (χ0v) is 27.6. The first kappa shape index (κ1) is 32.6. The molecule has 11 heteroatoms. The van der Waals surface area contributed by atoms with Crippen LogP contribution in [0, 0.1) is 28.6 Å². The Kier molecular flexibility index (Phi) is 8.32. The molecule has 7 rings (SSSR count). The van der Waals surface area contributed by atoms with Crippen molar-refractivity contribution >= 4 is 29.8 Å². The van der Waals surface area contributed by atoms with Crippen LogP contribution in [-0.4, -0.2) is 56.1 Å². The van der Waals surface area contributed by atoms with Crippen LogP contribution in [0.5, 0.6) is 0 Å². The Labute approximate surface area is 283 Å². The van der Waals surface area contributed by atoms with Gasteiger partial charge in [-0.25, -0.2) is 4.79 Å². The van der Waals surface area contributed by atoms with Crippen molar-refractivity contribution in [2.45, 2.75) is 57.7 Å². The molecule has 11 nitrogen and oxygen atoms in total. The van der Waals surface area contributed by atoms with Gasteiger partial charge in [0.25, 0.3) is 0 Å². The fourth-order valence-corrected chi connectivity index (χ4v) is 9.26. The molecule has 1 saturated heterocycles. The lowest BCUT2D eigenvalue weighted by molar-refractivity contribution is -0.210. The summed E-state index contributed by atoms with van der Waals surface area (Å²) in [5.41, 5.74) is 3.22. The van der Waals surface area contributed by atoms with E-state index in [2.05, 4.69) is 5.32 Å². The van der Waals surface area contributed by atoms with E-state index in [4.69, 9.17) is 23.4 Å². The van der Waals surface area contributed by atoms with E-state index in [0.717, 1.165) is 22.3 Å². The number of esters is 3. The number of methoxy groups -OCH3 is 1. The predicted molar refractivity (Wildman–Crippen MR) is 173 cm³/mol.